The average Bonchev–Trinajstić information content (AvgIpc) is 2.23. The molecule has 0 aliphatic heterocycles. The lowest BCUT2D eigenvalue weighted by Gasteiger charge is -2.36. The first-order valence-corrected chi connectivity index (χ1v) is 6.15. The molecule has 0 saturated heterocycles. The Morgan fingerprint density at radius 2 is 2.24 bits per heavy atom. The lowest BCUT2D eigenvalue weighted by molar-refractivity contribution is -0.0300. The molecule has 0 heterocycles. The van der Waals surface area contributed by atoms with Crippen LogP contribution in [0.3, 0.4) is 0 Å². The van der Waals surface area contributed by atoms with E-state index in [0.29, 0.717) is 17.1 Å². The first-order valence-electron chi connectivity index (χ1n) is 5.77. The van der Waals surface area contributed by atoms with Crippen molar-refractivity contribution < 1.29 is 9.90 Å². The maximum absolute atomic E-state index is 11.9. The maximum Gasteiger partial charge on any atom is 0.252 e. The molecule has 1 saturated carbocycles. The Bertz CT molecular complexity index is 441. The molecule has 0 aromatic heterocycles. The van der Waals surface area contributed by atoms with Crippen LogP contribution in [-0.2, 0) is 0 Å². The van der Waals surface area contributed by atoms with E-state index in [2.05, 4.69) is 5.32 Å². The van der Waals surface area contributed by atoms with E-state index in [1.807, 2.05) is 13.0 Å². The molecule has 0 atom stereocenters. The number of nitrogens with one attached hydrogen (secondary N) is 1. The number of aryl methyl sites for hydroxylation is 1. The zero-order valence-corrected chi connectivity index (χ0v) is 10.5. The molecule has 92 valence electrons. The fraction of sp³-hybridized carbons (Fsp3) is 0.462. The molecule has 17 heavy (non-hydrogen) atoms. The number of halogens is 1. The van der Waals surface area contributed by atoms with Crippen LogP contribution in [0.15, 0.2) is 18.2 Å². The van der Waals surface area contributed by atoms with Gasteiger partial charge in [0.2, 0.25) is 0 Å². The number of rotatable bonds is 3. The lowest BCUT2D eigenvalue weighted by atomic mass is 9.80. The standard InChI is InChI=1S/C13H16ClNO2/c1-9-3-4-10(11(14)7-9)12(16)15-8-13(17)5-2-6-13/h3-4,7,17H,2,5-6,8H2,1H3,(H,15,16). The second-order valence-corrected chi connectivity index (χ2v) is 5.15. The fourth-order valence-corrected chi connectivity index (χ4v) is 2.23. The van der Waals surface area contributed by atoms with E-state index in [0.717, 1.165) is 24.8 Å². The van der Waals surface area contributed by atoms with E-state index in [1.54, 1.807) is 12.1 Å². The van der Waals surface area contributed by atoms with Crippen molar-refractivity contribution in [2.45, 2.75) is 31.8 Å². The van der Waals surface area contributed by atoms with Crippen LogP contribution in [0.4, 0.5) is 0 Å². The van der Waals surface area contributed by atoms with Crippen molar-refractivity contribution in [2.75, 3.05) is 6.54 Å². The average molecular weight is 254 g/mol. The Morgan fingerprint density at radius 3 is 2.76 bits per heavy atom. The van der Waals surface area contributed by atoms with Crippen molar-refractivity contribution in [1.82, 2.24) is 5.32 Å². The summed E-state index contributed by atoms with van der Waals surface area (Å²) in [5, 5.41) is 13.0. The molecule has 0 spiro atoms. The van der Waals surface area contributed by atoms with E-state index in [1.165, 1.54) is 0 Å². The quantitative estimate of drug-likeness (QED) is 0.868. The number of carbonyl (C=O) groups is 1. The van der Waals surface area contributed by atoms with Crippen LogP contribution in [0.25, 0.3) is 0 Å². The van der Waals surface area contributed by atoms with Gasteiger partial charge in [0.05, 0.1) is 16.2 Å². The van der Waals surface area contributed by atoms with E-state index >= 15 is 0 Å². The molecule has 1 aromatic rings. The lowest BCUT2D eigenvalue weighted by Crippen LogP contribution is -2.47. The van der Waals surface area contributed by atoms with Gasteiger partial charge >= 0.3 is 0 Å². The van der Waals surface area contributed by atoms with Crippen molar-refractivity contribution in [3.63, 3.8) is 0 Å². The Morgan fingerprint density at radius 1 is 1.53 bits per heavy atom. The van der Waals surface area contributed by atoms with E-state index in [4.69, 9.17) is 11.6 Å². The highest BCUT2D eigenvalue weighted by molar-refractivity contribution is 6.33. The van der Waals surface area contributed by atoms with Crippen molar-refractivity contribution in [2.24, 2.45) is 0 Å². The number of benzene rings is 1. The van der Waals surface area contributed by atoms with Crippen LogP contribution in [0, 0.1) is 6.92 Å². The molecule has 3 nitrogen and oxygen atoms in total. The molecule has 0 unspecified atom stereocenters. The van der Waals surface area contributed by atoms with Crippen LogP contribution >= 0.6 is 11.6 Å². The molecule has 0 bridgehead atoms. The van der Waals surface area contributed by atoms with E-state index in [9.17, 15) is 9.90 Å². The van der Waals surface area contributed by atoms with Gasteiger partial charge in [-0.1, -0.05) is 17.7 Å². The molecule has 1 aliphatic rings. The van der Waals surface area contributed by atoms with Crippen LogP contribution < -0.4 is 5.32 Å². The molecular formula is C13H16ClNO2. The number of hydrogen-bond acceptors (Lipinski definition) is 2. The van der Waals surface area contributed by atoms with Gasteiger partial charge in [0, 0.05) is 6.54 Å². The summed E-state index contributed by atoms with van der Waals surface area (Å²) in [5.74, 6) is -0.227. The molecule has 1 amide bonds. The zero-order chi connectivity index (χ0) is 12.5. The minimum Gasteiger partial charge on any atom is -0.388 e. The second kappa shape index (κ2) is 4.67. The Kier molecular flexibility index (Phi) is 3.40. The molecule has 2 N–H and O–H groups in total. The number of carbonyl (C=O) groups excluding carboxylic acids is 1. The predicted octanol–water partition coefficient (Wildman–Crippen LogP) is 2.29. The molecular weight excluding hydrogens is 238 g/mol. The highest BCUT2D eigenvalue weighted by atomic mass is 35.5. The maximum atomic E-state index is 11.9. The molecule has 1 aliphatic carbocycles. The van der Waals surface area contributed by atoms with Gasteiger partial charge in [0.1, 0.15) is 0 Å². The van der Waals surface area contributed by atoms with E-state index < -0.39 is 5.60 Å². The van der Waals surface area contributed by atoms with Crippen LogP contribution in [0.5, 0.6) is 0 Å². The zero-order valence-electron chi connectivity index (χ0n) is 9.79. The summed E-state index contributed by atoms with van der Waals surface area (Å²) in [7, 11) is 0. The number of aliphatic hydroxyl groups is 1. The van der Waals surface area contributed by atoms with E-state index in [-0.39, 0.29) is 5.91 Å². The molecule has 1 aromatic carbocycles. The first-order chi connectivity index (χ1) is 8.00. The summed E-state index contributed by atoms with van der Waals surface area (Å²) in [4.78, 5) is 11.9. The summed E-state index contributed by atoms with van der Waals surface area (Å²) in [6.07, 6.45) is 2.54. The van der Waals surface area contributed by atoms with Gasteiger partial charge in [0.25, 0.3) is 5.91 Å². The summed E-state index contributed by atoms with van der Waals surface area (Å²) in [6, 6.07) is 5.31. The summed E-state index contributed by atoms with van der Waals surface area (Å²) >= 11 is 6.00. The van der Waals surface area contributed by atoms with Gasteiger partial charge < -0.3 is 10.4 Å². The monoisotopic (exact) mass is 253 g/mol. The predicted molar refractivity (Wildman–Crippen MR) is 67.3 cm³/mol. The minimum atomic E-state index is -0.702. The normalized spacial score (nSPS) is 17.4. The third-order valence-corrected chi connectivity index (χ3v) is 3.54. The number of hydrogen-bond donors (Lipinski definition) is 2. The minimum absolute atomic E-state index is 0.227. The van der Waals surface area contributed by atoms with Crippen molar-refractivity contribution in [3.8, 4) is 0 Å². The molecule has 1 fully saturated rings. The summed E-state index contributed by atoms with van der Waals surface area (Å²) in [5.41, 5.74) is 0.775. The first kappa shape index (κ1) is 12.4. The molecule has 0 radical (unpaired) electrons. The highest BCUT2D eigenvalue weighted by Gasteiger charge is 2.34. The second-order valence-electron chi connectivity index (χ2n) is 4.74. The fourth-order valence-electron chi connectivity index (χ4n) is 1.91. The Balaban J connectivity index is 1.99. The van der Waals surface area contributed by atoms with Gasteiger partial charge in [-0.25, -0.2) is 0 Å². The van der Waals surface area contributed by atoms with Gasteiger partial charge in [-0.15, -0.1) is 0 Å². The van der Waals surface area contributed by atoms with Crippen LogP contribution in [-0.4, -0.2) is 23.2 Å². The van der Waals surface area contributed by atoms with Gasteiger partial charge in [0.15, 0.2) is 0 Å². The molecule has 4 heteroatoms. The molecule has 2 rings (SSSR count). The SMILES string of the molecule is Cc1ccc(C(=O)NCC2(O)CCC2)c(Cl)c1. The van der Waals surface area contributed by atoms with Crippen molar-refractivity contribution in [1.29, 1.82) is 0 Å². The Labute approximate surface area is 106 Å². The van der Waals surface area contributed by atoms with Gasteiger partial charge in [-0.3, -0.25) is 4.79 Å². The van der Waals surface area contributed by atoms with Crippen molar-refractivity contribution >= 4 is 17.5 Å². The van der Waals surface area contributed by atoms with Crippen LogP contribution in [0.2, 0.25) is 5.02 Å². The van der Waals surface area contributed by atoms with Gasteiger partial charge in [-0.05, 0) is 43.9 Å². The third kappa shape index (κ3) is 2.79. The topological polar surface area (TPSA) is 49.3 Å². The largest absolute Gasteiger partial charge is 0.388 e. The Hall–Kier alpha value is -1.06. The highest BCUT2D eigenvalue weighted by Crippen LogP contribution is 2.30. The summed E-state index contributed by atoms with van der Waals surface area (Å²) in [6.45, 7) is 2.22. The summed E-state index contributed by atoms with van der Waals surface area (Å²) < 4.78 is 0. The van der Waals surface area contributed by atoms with Crippen LogP contribution in [0.1, 0.15) is 35.2 Å². The number of amides is 1. The van der Waals surface area contributed by atoms with Gasteiger partial charge in [-0.2, -0.15) is 0 Å². The van der Waals surface area contributed by atoms with Crippen molar-refractivity contribution in [3.05, 3.63) is 34.3 Å². The smallest absolute Gasteiger partial charge is 0.252 e. The third-order valence-electron chi connectivity index (χ3n) is 3.23.